The van der Waals surface area contributed by atoms with Gasteiger partial charge in [0, 0.05) is 25.8 Å². The lowest BCUT2D eigenvalue weighted by molar-refractivity contribution is -0.490. The highest BCUT2D eigenvalue weighted by molar-refractivity contribution is 5.54. The van der Waals surface area contributed by atoms with Gasteiger partial charge in [-0.15, -0.1) is 0 Å². The second-order valence-corrected chi connectivity index (χ2v) is 6.26. The van der Waals surface area contributed by atoms with Gasteiger partial charge in [-0.2, -0.15) is 0 Å². The number of nitrogens with zero attached hydrogens (tertiary/aromatic N) is 4. The number of hydrogen-bond donors (Lipinski definition) is 0. The maximum absolute atomic E-state index is 10.7. The Kier molecular flexibility index (Phi) is 5.60. The Balaban J connectivity index is 1.87. The quantitative estimate of drug-likeness (QED) is 0.597. The SMILES string of the molecule is CN1CCCC(CCN(C)c2ccc(N(C)[N+](=O)[O-])cc2)C1. The minimum atomic E-state index is -0.418. The molecule has 0 bridgehead atoms. The van der Waals surface area contributed by atoms with Crippen LogP contribution in [0.4, 0.5) is 11.4 Å². The van der Waals surface area contributed by atoms with Crippen LogP contribution >= 0.6 is 0 Å². The second kappa shape index (κ2) is 7.45. The molecule has 1 atom stereocenters. The first-order valence-corrected chi connectivity index (χ1v) is 7.85. The molecule has 122 valence electrons. The van der Waals surface area contributed by atoms with E-state index >= 15 is 0 Å². The maximum Gasteiger partial charge on any atom is 0.164 e. The number of piperidine rings is 1. The van der Waals surface area contributed by atoms with Crippen LogP contribution in [-0.2, 0) is 0 Å². The molecular weight excluding hydrogens is 280 g/mol. The van der Waals surface area contributed by atoms with E-state index in [0.29, 0.717) is 5.69 Å². The Morgan fingerprint density at radius 1 is 1.27 bits per heavy atom. The second-order valence-electron chi connectivity index (χ2n) is 6.26. The topological polar surface area (TPSA) is 52.9 Å². The summed E-state index contributed by atoms with van der Waals surface area (Å²) < 4.78 is 0. The van der Waals surface area contributed by atoms with Crippen LogP contribution in [0.15, 0.2) is 24.3 Å². The van der Waals surface area contributed by atoms with Gasteiger partial charge >= 0.3 is 0 Å². The lowest BCUT2D eigenvalue weighted by Gasteiger charge is -2.31. The fraction of sp³-hybridized carbons (Fsp3) is 0.625. The van der Waals surface area contributed by atoms with Crippen molar-refractivity contribution in [3.8, 4) is 0 Å². The lowest BCUT2D eigenvalue weighted by atomic mass is 9.95. The fourth-order valence-corrected chi connectivity index (χ4v) is 3.03. The van der Waals surface area contributed by atoms with E-state index in [1.165, 1.54) is 39.4 Å². The van der Waals surface area contributed by atoms with Crippen LogP contribution in [0.25, 0.3) is 0 Å². The van der Waals surface area contributed by atoms with Gasteiger partial charge in [-0.25, -0.2) is 10.1 Å². The predicted molar refractivity (Wildman–Crippen MR) is 89.9 cm³/mol. The van der Waals surface area contributed by atoms with E-state index in [9.17, 15) is 10.1 Å². The van der Waals surface area contributed by atoms with Gasteiger partial charge in [0.25, 0.3) is 0 Å². The molecule has 1 fully saturated rings. The van der Waals surface area contributed by atoms with Crippen LogP contribution in [-0.4, -0.2) is 50.7 Å². The van der Waals surface area contributed by atoms with Crippen molar-refractivity contribution < 1.29 is 5.03 Å². The first-order chi connectivity index (χ1) is 10.5. The van der Waals surface area contributed by atoms with E-state index in [0.717, 1.165) is 23.2 Å². The molecule has 0 radical (unpaired) electrons. The molecule has 6 nitrogen and oxygen atoms in total. The average Bonchev–Trinajstić information content (AvgIpc) is 2.52. The highest BCUT2D eigenvalue weighted by Crippen LogP contribution is 2.22. The van der Waals surface area contributed by atoms with Gasteiger partial charge in [-0.1, -0.05) is 5.01 Å². The molecule has 1 aliphatic heterocycles. The monoisotopic (exact) mass is 306 g/mol. The molecule has 0 amide bonds. The zero-order valence-corrected chi connectivity index (χ0v) is 13.7. The summed E-state index contributed by atoms with van der Waals surface area (Å²) in [5.74, 6) is 0.779. The van der Waals surface area contributed by atoms with Crippen LogP contribution < -0.4 is 9.91 Å². The molecule has 0 aromatic heterocycles. The molecule has 0 aliphatic carbocycles. The lowest BCUT2D eigenvalue weighted by Crippen LogP contribution is -2.34. The Labute approximate surface area is 132 Å². The van der Waals surface area contributed by atoms with Gasteiger partial charge in [0.05, 0.1) is 7.05 Å². The van der Waals surface area contributed by atoms with Gasteiger partial charge in [0.2, 0.25) is 0 Å². The Morgan fingerprint density at radius 2 is 1.91 bits per heavy atom. The predicted octanol–water partition coefficient (Wildman–Crippen LogP) is 2.48. The number of rotatable bonds is 6. The highest BCUT2D eigenvalue weighted by Gasteiger charge is 2.17. The van der Waals surface area contributed by atoms with Crippen molar-refractivity contribution >= 4 is 11.4 Å². The number of anilines is 2. The summed E-state index contributed by atoms with van der Waals surface area (Å²) in [7, 11) is 5.73. The molecule has 2 rings (SSSR count). The van der Waals surface area contributed by atoms with Crippen molar-refractivity contribution in [1.29, 1.82) is 0 Å². The number of nitro groups is 1. The summed E-state index contributed by atoms with van der Waals surface area (Å²) in [4.78, 5) is 15.4. The summed E-state index contributed by atoms with van der Waals surface area (Å²) in [5, 5.41) is 11.4. The summed E-state index contributed by atoms with van der Waals surface area (Å²) in [6, 6.07) is 7.48. The van der Waals surface area contributed by atoms with E-state index in [4.69, 9.17) is 0 Å². The van der Waals surface area contributed by atoms with Crippen molar-refractivity contribution in [3.63, 3.8) is 0 Å². The first kappa shape index (κ1) is 16.5. The van der Waals surface area contributed by atoms with Crippen LogP contribution in [0.3, 0.4) is 0 Å². The molecule has 1 aliphatic rings. The molecule has 1 saturated heterocycles. The summed E-state index contributed by atoms with van der Waals surface area (Å²) in [6.45, 7) is 3.43. The van der Waals surface area contributed by atoms with Crippen LogP contribution in [0.5, 0.6) is 0 Å². The third-order valence-electron chi connectivity index (χ3n) is 4.50. The number of likely N-dealkylation sites (tertiary alicyclic amines) is 1. The average molecular weight is 306 g/mol. The van der Waals surface area contributed by atoms with E-state index in [1.54, 1.807) is 12.1 Å². The van der Waals surface area contributed by atoms with Crippen molar-refractivity contribution in [2.45, 2.75) is 19.3 Å². The Morgan fingerprint density at radius 3 is 2.50 bits per heavy atom. The van der Waals surface area contributed by atoms with Gasteiger partial charge in [-0.05, 0) is 63.0 Å². The third kappa shape index (κ3) is 4.34. The number of hydrazine groups is 1. The van der Waals surface area contributed by atoms with Crippen LogP contribution in [0, 0.1) is 16.0 Å². The molecule has 1 aromatic carbocycles. The smallest absolute Gasteiger partial charge is 0.164 e. The van der Waals surface area contributed by atoms with E-state index < -0.39 is 5.03 Å². The van der Waals surface area contributed by atoms with E-state index in [2.05, 4.69) is 23.9 Å². The van der Waals surface area contributed by atoms with Gasteiger partial charge in [0.1, 0.15) is 5.69 Å². The zero-order valence-electron chi connectivity index (χ0n) is 13.7. The van der Waals surface area contributed by atoms with Crippen LogP contribution in [0.1, 0.15) is 19.3 Å². The normalized spacial score (nSPS) is 19.0. The minimum Gasteiger partial charge on any atom is -0.375 e. The molecule has 1 unspecified atom stereocenters. The van der Waals surface area contributed by atoms with Crippen molar-refractivity contribution in [2.24, 2.45) is 5.92 Å². The summed E-state index contributed by atoms with van der Waals surface area (Å²) in [6.07, 6.45) is 3.81. The highest BCUT2D eigenvalue weighted by atomic mass is 16.7. The number of hydrogen-bond acceptors (Lipinski definition) is 4. The zero-order chi connectivity index (χ0) is 16.1. The molecule has 22 heavy (non-hydrogen) atoms. The van der Waals surface area contributed by atoms with Gasteiger partial charge < -0.3 is 9.80 Å². The molecule has 1 heterocycles. The summed E-state index contributed by atoms with van der Waals surface area (Å²) >= 11 is 0. The standard InChI is InChI=1S/C16H26N4O2/c1-17-11-4-5-14(13-17)10-12-18(2)15-6-8-16(9-7-15)19(3)20(21)22/h6-9,14H,4-5,10-13H2,1-3H3. The Bertz CT molecular complexity index is 491. The largest absolute Gasteiger partial charge is 0.375 e. The minimum absolute atomic E-state index is 0.418. The van der Waals surface area contributed by atoms with Crippen LogP contribution in [0.2, 0.25) is 0 Å². The number of benzene rings is 1. The molecule has 0 spiro atoms. The third-order valence-corrected chi connectivity index (χ3v) is 4.50. The molecule has 6 heteroatoms. The molecule has 1 aromatic rings. The molecule has 0 N–H and O–H groups in total. The van der Waals surface area contributed by atoms with Crippen molar-refractivity contribution in [1.82, 2.24) is 4.90 Å². The maximum atomic E-state index is 10.7. The fourth-order valence-electron chi connectivity index (χ4n) is 3.03. The van der Waals surface area contributed by atoms with Crippen molar-refractivity contribution in [3.05, 3.63) is 34.4 Å². The van der Waals surface area contributed by atoms with E-state index in [1.807, 2.05) is 12.1 Å². The Hall–Kier alpha value is -1.82. The van der Waals surface area contributed by atoms with E-state index in [-0.39, 0.29) is 0 Å². The first-order valence-electron chi connectivity index (χ1n) is 7.85. The van der Waals surface area contributed by atoms with Gasteiger partial charge in [0.15, 0.2) is 5.03 Å². The van der Waals surface area contributed by atoms with Crippen molar-refractivity contribution in [2.75, 3.05) is 50.7 Å². The molecule has 0 saturated carbocycles. The molecular formula is C16H26N4O2. The summed E-state index contributed by atoms with van der Waals surface area (Å²) in [5.41, 5.74) is 1.70. The van der Waals surface area contributed by atoms with Gasteiger partial charge in [-0.3, -0.25) is 0 Å².